The molecule has 130 valence electrons. The van der Waals surface area contributed by atoms with Gasteiger partial charge in [0.2, 0.25) is 0 Å². The zero-order chi connectivity index (χ0) is 17.9. The fourth-order valence-corrected chi connectivity index (χ4v) is 3.35. The number of nitrogens with zero attached hydrogens (tertiary/aromatic N) is 1. The average molecular weight is 357 g/mol. The predicted octanol–water partition coefficient (Wildman–Crippen LogP) is 3.19. The lowest BCUT2D eigenvalue weighted by Gasteiger charge is -2.05. The summed E-state index contributed by atoms with van der Waals surface area (Å²) in [4.78, 5) is 5.61. The third-order valence-electron chi connectivity index (χ3n) is 3.75. The summed E-state index contributed by atoms with van der Waals surface area (Å²) in [7, 11) is -3.73. The van der Waals surface area contributed by atoms with E-state index in [0.717, 1.165) is 22.2 Å². The highest BCUT2D eigenvalue weighted by molar-refractivity contribution is 7.89. The Balaban J connectivity index is 1.79. The monoisotopic (exact) mass is 357 g/mol. The van der Waals surface area contributed by atoms with Gasteiger partial charge in [-0.05, 0) is 44.2 Å². The molecule has 7 heteroatoms. The van der Waals surface area contributed by atoms with Crippen LogP contribution in [0.3, 0.4) is 0 Å². The van der Waals surface area contributed by atoms with Crippen molar-refractivity contribution in [2.24, 2.45) is 5.10 Å². The molecule has 1 aromatic heterocycles. The van der Waals surface area contributed by atoms with Crippen LogP contribution < -0.4 is 9.57 Å². The van der Waals surface area contributed by atoms with Crippen LogP contribution in [0.1, 0.15) is 18.2 Å². The Morgan fingerprint density at radius 2 is 1.88 bits per heavy atom. The van der Waals surface area contributed by atoms with Gasteiger partial charge in [0.15, 0.2) is 0 Å². The van der Waals surface area contributed by atoms with Crippen LogP contribution in [-0.4, -0.2) is 26.2 Å². The number of rotatable bonds is 6. The summed E-state index contributed by atoms with van der Waals surface area (Å²) in [5.74, 6) is 0.624. The van der Waals surface area contributed by atoms with Gasteiger partial charge < -0.3 is 9.72 Å². The van der Waals surface area contributed by atoms with Crippen LogP contribution >= 0.6 is 0 Å². The number of para-hydroxylation sites is 1. The summed E-state index contributed by atoms with van der Waals surface area (Å²) in [6, 6.07) is 14.0. The Morgan fingerprint density at radius 3 is 2.60 bits per heavy atom. The smallest absolute Gasteiger partial charge is 0.276 e. The summed E-state index contributed by atoms with van der Waals surface area (Å²) in [5.41, 5.74) is 2.76. The summed E-state index contributed by atoms with van der Waals surface area (Å²) >= 11 is 0. The molecule has 3 aromatic rings. The topological polar surface area (TPSA) is 83.6 Å². The van der Waals surface area contributed by atoms with Crippen molar-refractivity contribution in [3.05, 3.63) is 59.8 Å². The van der Waals surface area contributed by atoms with Gasteiger partial charge in [0, 0.05) is 22.2 Å². The molecule has 2 aromatic carbocycles. The molecule has 0 radical (unpaired) electrons. The number of benzene rings is 2. The Labute approximate surface area is 146 Å². The second kappa shape index (κ2) is 6.98. The molecular weight excluding hydrogens is 338 g/mol. The summed E-state index contributed by atoms with van der Waals surface area (Å²) in [5, 5.41) is 4.91. The number of fused-ring (bicyclic) bond motifs is 1. The highest BCUT2D eigenvalue weighted by Crippen LogP contribution is 2.20. The molecule has 0 bridgehead atoms. The van der Waals surface area contributed by atoms with E-state index in [1.54, 1.807) is 12.1 Å². The number of hydrogen-bond donors (Lipinski definition) is 2. The Hall–Kier alpha value is -2.80. The van der Waals surface area contributed by atoms with E-state index < -0.39 is 10.0 Å². The molecule has 6 nitrogen and oxygen atoms in total. The average Bonchev–Trinajstić information content (AvgIpc) is 2.91. The Morgan fingerprint density at radius 1 is 1.16 bits per heavy atom. The molecule has 0 saturated carbocycles. The highest BCUT2D eigenvalue weighted by Gasteiger charge is 2.13. The number of aryl methyl sites for hydroxylation is 1. The first-order valence-corrected chi connectivity index (χ1v) is 9.34. The Kier molecular flexibility index (Phi) is 4.76. The second-order valence-electron chi connectivity index (χ2n) is 5.47. The lowest BCUT2D eigenvalue weighted by molar-refractivity contribution is 0.340. The van der Waals surface area contributed by atoms with Crippen LogP contribution in [0.5, 0.6) is 5.75 Å². The van der Waals surface area contributed by atoms with Crippen LogP contribution in [0.25, 0.3) is 10.9 Å². The van der Waals surface area contributed by atoms with Crippen molar-refractivity contribution in [1.29, 1.82) is 0 Å². The zero-order valence-corrected chi connectivity index (χ0v) is 14.8. The van der Waals surface area contributed by atoms with Crippen molar-refractivity contribution >= 4 is 27.1 Å². The summed E-state index contributed by atoms with van der Waals surface area (Å²) in [6.45, 7) is 4.31. The van der Waals surface area contributed by atoms with Crippen LogP contribution in [0, 0.1) is 6.92 Å². The number of aromatic nitrogens is 1. The first kappa shape index (κ1) is 17.0. The van der Waals surface area contributed by atoms with Gasteiger partial charge in [0.05, 0.1) is 17.7 Å². The molecule has 0 fully saturated rings. The highest BCUT2D eigenvalue weighted by atomic mass is 32.2. The van der Waals surface area contributed by atoms with Crippen LogP contribution in [0.15, 0.2) is 58.5 Å². The molecule has 0 saturated heterocycles. The van der Waals surface area contributed by atoms with E-state index >= 15 is 0 Å². The number of sulfonamides is 1. The van der Waals surface area contributed by atoms with Crippen molar-refractivity contribution in [3.63, 3.8) is 0 Å². The maximum Gasteiger partial charge on any atom is 0.276 e. The van der Waals surface area contributed by atoms with Crippen molar-refractivity contribution in [2.75, 3.05) is 6.61 Å². The van der Waals surface area contributed by atoms with E-state index in [-0.39, 0.29) is 4.90 Å². The quantitative estimate of drug-likeness (QED) is 0.525. The van der Waals surface area contributed by atoms with Crippen molar-refractivity contribution < 1.29 is 13.2 Å². The van der Waals surface area contributed by atoms with E-state index in [2.05, 4.69) is 14.9 Å². The molecule has 2 N–H and O–H groups in total. The third kappa shape index (κ3) is 3.66. The van der Waals surface area contributed by atoms with Crippen LogP contribution in [0.2, 0.25) is 0 Å². The van der Waals surface area contributed by atoms with E-state index in [4.69, 9.17) is 4.74 Å². The predicted molar refractivity (Wildman–Crippen MR) is 98.6 cm³/mol. The molecule has 0 atom stereocenters. The van der Waals surface area contributed by atoms with Crippen molar-refractivity contribution in [2.45, 2.75) is 18.7 Å². The standard InChI is InChI=1S/C18H19N3O3S/c1-3-24-14-8-10-15(11-9-14)25(22,23)21-19-12-17-13(2)20-18-7-5-4-6-16(17)18/h4-12,20-21H,3H2,1-2H3/b19-12-. The minimum atomic E-state index is -3.73. The SMILES string of the molecule is CCOc1ccc(S(=O)(=O)N/N=C\c2c(C)[nH]c3ccccc23)cc1. The van der Waals surface area contributed by atoms with Gasteiger partial charge in [-0.3, -0.25) is 0 Å². The van der Waals surface area contributed by atoms with Crippen LogP contribution in [-0.2, 0) is 10.0 Å². The first-order chi connectivity index (χ1) is 12.0. The maximum absolute atomic E-state index is 12.3. The zero-order valence-electron chi connectivity index (χ0n) is 14.0. The molecule has 1 heterocycles. The minimum absolute atomic E-state index is 0.128. The molecule has 0 amide bonds. The van der Waals surface area contributed by atoms with Gasteiger partial charge in [0.25, 0.3) is 10.0 Å². The fraction of sp³-hybridized carbons (Fsp3) is 0.167. The van der Waals surface area contributed by atoms with Crippen molar-refractivity contribution in [3.8, 4) is 5.75 Å². The Bertz CT molecular complexity index is 1010. The number of hydrogen-bond acceptors (Lipinski definition) is 4. The van der Waals surface area contributed by atoms with E-state index in [9.17, 15) is 8.42 Å². The van der Waals surface area contributed by atoms with Crippen molar-refractivity contribution in [1.82, 2.24) is 9.82 Å². The van der Waals surface area contributed by atoms with E-state index in [0.29, 0.717) is 12.4 Å². The third-order valence-corrected chi connectivity index (χ3v) is 4.99. The summed E-state index contributed by atoms with van der Waals surface area (Å²) < 4.78 is 29.9. The molecular formula is C18H19N3O3S. The largest absolute Gasteiger partial charge is 0.494 e. The van der Waals surface area contributed by atoms with E-state index in [1.165, 1.54) is 18.3 Å². The number of aromatic amines is 1. The fourth-order valence-electron chi connectivity index (χ4n) is 2.56. The van der Waals surface area contributed by atoms with Gasteiger partial charge in [0.1, 0.15) is 5.75 Å². The van der Waals surface area contributed by atoms with Gasteiger partial charge in [-0.1, -0.05) is 18.2 Å². The van der Waals surface area contributed by atoms with Gasteiger partial charge in [-0.15, -0.1) is 0 Å². The van der Waals surface area contributed by atoms with Crippen LogP contribution in [0.4, 0.5) is 0 Å². The molecule has 0 aliphatic rings. The molecule has 3 rings (SSSR count). The molecule has 0 unspecified atom stereocenters. The normalized spacial score (nSPS) is 11.9. The number of nitrogens with one attached hydrogen (secondary N) is 2. The maximum atomic E-state index is 12.3. The number of hydrazone groups is 1. The first-order valence-electron chi connectivity index (χ1n) is 7.86. The number of ether oxygens (including phenoxy) is 1. The lowest BCUT2D eigenvalue weighted by Crippen LogP contribution is -2.18. The summed E-state index contributed by atoms with van der Waals surface area (Å²) in [6.07, 6.45) is 1.51. The second-order valence-corrected chi connectivity index (χ2v) is 7.13. The van der Waals surface area contributed by atoms with Gasteiger partial charge in [-0.2, -0.15) is 13.5 Å². The molecule has 0 aliphatic carbocycles. The minimum Gasteiger partial charge on any atom is -0.494 e. The molecule has 0 aliphatic heterocycles. The molecule has 0 spiro atoms. The lowest BCUT2D eigenvalue weighted by atomic mass is 10.1. The van der Waals surface area contributed by atoms with E-state index in [1.807, 2.05) is 38.1 Å². The number of H-pyrrole nitrogens is 1. The van der Waals surface area contributed by atoms with Gasteiger partial charge >= 0.3 is 0 Å². The molecule has 25 heavy (non-hydrogen) atoms. The van der Waals surface area contributed by atoms with Gasteiger partial charge in [-0.25, -0.2) is 4.83 Å².